The number of likely N-dealkylation sites (tertiary alicyclic amines) is 2. The molecule has 0 spiro atoms. The van der Waals surface area contributed by atoms with Gasteiger partial charge in [0.1, 0.15) is 16.9 Å². The average molecular weight is 671 g/mol. The van der Waals surface area contributed by atoms with Crippen molar-refractivity contribution in [1.82, 2.24) is 14.7 Å². The highest BCUT2D eigenvalue weighted by atomic mass is 16.5. The number of hydrogen-bond acceptors (Lipinski definition) is 7. The number of nitrogens with zero attached hydrogens (tertiary/aromatic N) is 3. The normalized spacial score (nSPS) is 17.8. The molecule has 266 valence electrons. The summed E-state index contributed by atoms with van der Waals surface area (Å²) in [6.07, 6.45) is 7.73. The van der Waals surface area contributed by atoms with E-state index in [1.165, 1.54) is 12.8 Å². The third-order valence-corrected chi connectivity index (χ3v) is 10.9. The molecule has 2 heterocycles. The second-order valence-corrected chi connectivity index (χ2v) is 13.8. The van der Waals surface area contributed by atoms with Gasteiger partial charge in [0.25, 0.3) is 0 Å². The summed E-state index contributed by atoms with van der Waals surface area (Å²) >= 11 is 0. The van der Waals surface area contributed by atoms with Crippen molar-refractivity contribution in [3.63, 3.8) is 0 Å². The highest BCUT2D eigenvalue weighted by molar-refractivity contribution is 5.91. The van der Waals surface area contributed by atoms with E-state index >= 15 is 0 Å². The fourth-order valence-corrected chi connectivity index (χ4v) is 8.13. The first-order valence-corrected chi connectivity index (χ1v) is 18.3. The van der Waals surface area contributed by atoms with Crippen LogP contribution in [-0.2, 0) is 21.5 Å². The van der Waals surface area contributed by atoms with Crippen LogP contribution in [0.2, 0.25) is 0 Å². The zero-order valence-corrected chi connectivity index (χ0v) is 30.0. The lowest BCUT2D eigenvalue weighted by atomic mass is 9.64. The minimum absolute atomic E-state index is 0.138. The molecule has 8 nitrogen and oxygen atoms in total. The SMILES string of the molecule is COc1cccc(OC)c1CN1CCC(N(C)CCCCOCCCCN2CC[C@@H](C(C(N)=O)(c3ccccc3)c3ccccc3)C2)CC1. The van der Waals surface area contributed by atoms with Crippen molar-refractivity contribution in [2.24, 2.45) is 11.7 Å². The molecule has 2 fully saturated rings. The van der Waals surface area contributed by atoms with Gasteiger partial charge in [-0.1, -0.05) is 66.7 Å². The molecule has 2 saturated heterocycles. The molecule has 0 unspecified atom stereocenters. The van der Waals surface area contributed by atoms with E-state index < -0.39 is 5.41 Å². The van der Waals surface area contributed by atoms with Gasteiger partial charge < -0.3 is 29.7 Å². The van der Waals surface area contributed by atoms with Crippen molar-refractivity contribution in [1.29, 1.82) is 0 Å². The Morgan fingerprint density at radius 2 is 1.35 bits per heavy atom. The van der Waals surface area contributed by atoms with Gasteiger partial charge in [-0.2, -0.15) is 0 Å². The van der Waals surface area contributed by atoms with Gasteiger partial charge in [-0.25, -0.2) is 0 Å². The minimum Gasteiger partial charge on any atom is -0.496 e. The number of nitrogens with two attached hydrogens (primary N) is 1. The summed E-state index contributed by atoms with van der Waals surface area (Å²) in [7, 11) is 5.74. The van der Waals surface area contributed by atoms with Crippen LogP contribution in [0.1, 0.15) is 61.6 Å². The van der Waals surface area contributed by atoms with E-state index in [0.29, 0.717) is 6.04 Å². The second kappa shape index (κ2) is 18.5. The first-order valence-electron chi connectivity index (χ1n) is 18.3. The van der Waals surface area contributed by atoms with E-state index in [1.807, 2.05) is 54.6 Å². The first kappa shape index (κ1) is 36.8. The summed E-state index contributed by atoms with van der Waals surface area (Å²) in [4.78, 5) is 20.9. The van der Waals surface area contributed by atoms with E-state index in [2.05, 4.69) is 46.0 Å². The molecule has 3 aromatic carbocycles. The molecular weight excluding hydrogens is 612 g/mol. The summed E-state index contributed by atoms with van der Waals surface area (Å²) < 4.78 is 17.2. The molecule has 49 heavy (non-hydrogen) atoms. The van der Waals surface area contributed by atoms with Gasteiger partial charge >= 0.3 is 0 Å². The van der Waals surface area contributed by atoms with E-state index in [1.54, 1.807) is 14.2 Å². The van der Waals surface area contributed by atoms with Crippen LogP contribution in [0.15, 0.2) is 78.9 Å². The number of amides is 1. The number of methoxy groups -OCH3 is 2. The topological polar surface area (TPSA) is 80.5 Å². The number of benzene rings is 3. The molecule has 0 saturated carbocycles. The number of piperidine rings is 1. The Hall–Kier alpha value is -3.43. The number of carbonyl (C=O) groups excluding carboxylic acids is 1. The van der Waals surface area contributed by atoms with Crippen molar-refractivity contribution in [2.45, 2.75) is 62.9 Å². The molecule has 8 heteroatoms. The summed E-state index contributed by atoms with van der Waals surface area (Å²) in [5.74, 6) is 1.68. The molecule has 5 rings (SSSR count). The Bertz CT molecular complexity index is 1350. The van der Waals surface area contributed by atoms with E-state index in [-0.39, 0.29) is 11.8 Å². The fourth-order valence-electron chi connectivity index (χ4n) is 8.13. The Morgan fingerprint density at radius 1 is 0.776 bits per heavy atom. The van der Waals surface area contributed by atoms with Gasteiger partial charge in [0, 0.05) is 32.3 Å². The number of carbonyl (C=O) groups is 1. The molecule has 1 atom stereocenters. The summed E-state index contributed by atoms with van der Waals surface area (Å²) in [6.45, 7) is 8.67. The zero-order chi connectivity index (χ0) is 34.5. The molecule has 1 amide bonds. The van der Waals surface area contributed by atoms with Crippen LogP contribution in [-0.4, -0.2) is 100 Å². The first-order chi connectivity index (χ1) is 24.0. The van der Waals surface area contributed by atoms with Gasteiger partial charge in [0.15, 0.2) is 0 Å². The number of primary amides is 1. The maximum absolute atomic E-state index is 13.3. The predicted octanol–water partition coefficient (Wildman–Crippen LogP) is 5.97. The van der Waals surface area contributed by atoms with E-state index in [9.17, 15) is 4.79 Å². The Morgan fingerprint density at radius 3 is 1.92 bits per heavy atom. The molecule has 2 aliphatic rings. The molecule has 2 N–H and O–H groups in total. The maximum Gasteiger partial charge on any atom is 0.232 e. The number of hydrogen-bond donors (Lipinski definition) is 1. The largest absolute Gasteiger partial charge is 0.496 e. The van der Waals surface area contributed by atoms with Crippen molar-refractivity contribution in [2.75, 3.05) is 73.7 Å². The van der Waals surface area contributed by atoms with Crippen molar-refractivity contribution in [3.8, 4) is 11.5 Å². The lowest BCUT2D eigenvalue weighted by Crippen LogP contribution is -2.49. The fraction of sp³-hybridized carbons (Fsp3) is 0.537. The lowest BCUT2D eigenvalue weighted by molar-refractivity contribution is -0.123. The number of rotatable bonds is 19. The third kappa shape index (κ3) is 9.23. The van der Waals surface area contributed by atoms with Crippen LogP contribution in [0.25, 0.3) is 0 Å². The summed E-state index contributed by atoms with van der Waals surface area (Å²) in [6, 6.07) is 26.9. The molecule has 0 bridgehead atoms. The molecular formula is C41H58N4O4. The predicted molar refractivity (Wildman–Crippen MR) is 197 cm³/mol. The van der Waals surface area contributed by atoms with Gasteiger partial charge in [-0.15, -0.1) is 0 Å². The molecule has 0 aromatic heterocycles. The maximum atomic E-state index is 13.3. The van der Waals surface area contributed by atoms with Crippen LogP contribution in [0, 0.1) is 5.92 Å². The minimum atomic E-state index is -0.822. The Kier molecular flexibility index (Phi) is 13.9. The van der Waals surface area contributed by atoms with Gasteiger partial charge in [-0.3, -0.25) is 9.69 Å². The molecule has 0 radical (unpaired) electrons. The van der Waals surface area contributed by atoms with Crippen molar-refractivity contribution in [3.05, 3.63) is 95.6 Å². The molecule has 0 aliphatic carbocycles. The van der Waals surface area contributed by atoms with Gasteiger partial charge in [-0.05, 0) is 114 Å². The monoisotopic (exact) mass is 670 g/mol. The zero-order valence-electron chi connectivity index (χ0n) is 30.0. The lowest BCUT2D eigenvalue weighted by Gasteiger charge is -2.37. The smallest absolute Gasteiger partial charge is 0.232 e. The van der Waals surface area contributed by atoms with Crippen molar-refractivity contribution < 1.29 is 19.0 Å². The second-order valence-electron chi connectivity index (χ2n) is 13.8. The molecule has 2 aliphatic heterocycles. The van der Waals surface area contributed by atoms with E-state index in [0.717, 1.165) is 119 Å². The Balaban J connectivity index is 0.954. The van der Waals surface area contributed by atoms with Gasteiger partial charge in [0.2, 0.25) is 5.91 Å². The van der Waals surface area contributed by atoms with Crippen LogP contribution < -0.4 is 15.2 Å². The van der Waals surface area contributed by atoms with Crippen LogP contribution in [0.5, 0.6) is 11.5 Å². The summed E-state index contributed by atoms with van der Waals surface area (Å²) in [5.41, 5.74) is 8.57. The highest BCUT2D eigenvalue weighted by Gasteiger charge is 2.49. The Labute approximate surface area is 294 Å². The number of unbranched alkanes of at least 4 members (excludes halogenated alkanes) is 2. The van der Waals surface area contributed by atoms with Crippen molar-refractivity contribution >= 4 is 5.91 Å². The van der Waals surface area contributed by atoms with Gasteiger partial charge in [0.05, 0.1) is 19.8 Å². The highest BCUT2D eigenvalue weighted by Crippen LogP contribution is 2.43. The quantitative estimate of drug-likeness (QED) is 0.158. The van der Waals surface area contributed by atoms with Crippen LogP contribution in [0.4, 0.5) is 0 Å². The van der Waals surface area contributed by atoms with Crippen LogP contribution in [0.3, 0.4) is 0 Å². The summed E-state index contributed by atoms with van der Waals surface area (Å²) in [5, 5.41) is 0. The average Bonchev–Trinajstić information content (AvgIpc) is 3.61. The van der Waals surface area contributed by atoms with Crippen LogP contribution >= 0.6 is 0 Å². The number of ether oxygens (including phenoxy) is 3. The molecule has 3 aromatic rings. The van der Waals surface area contributed by atoms with E-state index in [4.69, 9.17) is 19.9 Å². The third-order valence-electron chi connectivity index (χ3n) is 10.9. The standard InChI is InChI=1S/C41H58N4O4/c1-43(36-22-27-45(28-23-36)32-37-38(47-2)19-14-20-39(37)48-3)24-10-12-29-49-30-13-11-25-44-26-21-35(31-44)41(40(42)46,33-15-6-4-7-16-33)34-17-8-5-9-18-34/h4-9,14-20,35-36H,10-13,21-32H2,1-3H3,(H2,42,46)/t35-/m1/s1.